The topological polar surface area (TPSA) is 72.7 Å². The van der Waals surface area contributed by atoms with Gasteiger partial charge in [-0.2, -0.15) is 0 Å². The largest absolute Gasteiger partial charge is 0.491 e. The van der Waals surface area contributed by atoms with Crippen LogP contribution >= 0.6 is 12.2 Å². The fraction of sp³-hybridized carbons (Fsp3) is 0.176. The second kappa shape index (κ2) is 9.49. The van der Waals surface area contributed by atoms with Crippen molar-refractivity contribution < 1.29 is 18.7 Å². The van der Waals surface area contributed by atoms with Crippen molar-refractivity contribution in [2.75, 3.05) is 25.6 Å². The van der Waals surface area contributed by atoms with Gasteiger partial charge in [0.05, 0.1) is 12.9 Å². The molecular weight excluding hydrogens is 328 g/mol. The van der Waals surface area contributed by atoms with E-state index in [9.17, 15) is 4.79 Å². The van der Waals surface area contributed by atoms with Gasteiger partial charge in [0, 0.05) is 18.9 Å². The van der Waals surface area contributed by atoms with E-state index in [0.717, 1.165) is 11.4 Å². The highest BCUT2D eigenvalue weighted by molar-refractivity contribution is 7.80. The quantitative estimate of drug-likeness (QED) is 0.456. The lowest BCUT2D eigenvalue weighted by Crippen LogP contribution is -2.32. The maximum Gasteiger partial charge on any atom is 0.250 e. The van der Waals surface area contributed by atoms with E-state index in [2.05, 4.69) is 10.6 Å². The molecule has 0 saturated heterocycles. The minimum atomic E-state index is -0.344. The Kier molecular flexibility index (Phi) is 7.00. The summed E-state index contributed by atoms with van der Waals surface area (Å²) in [6.07, 6.45) is 4.44. The number of carbonyl (C=O) groups is 1. The third-order valence-electron chi connectivity index (χ3n) is 2.85. The Morgan fingerprint density at radius 1 is 1.25 bits per heavy atom. The van der Waals surface area contributed by atoms with E-state index in [1.54, 1.807) is 49.6 Å². The molecule has 0 radical (unpaired) electrons. The van der Waals surface area contributed by atoms with Crippen LogP contribution in [-0.4, -0.2) is 31.3 Å². The molecule has 0 fully saturated rings. The first-order valence-corrected chi connectivity index (χ1v) is 7.63. The summed E-state index contributed by atoms with van der Waals surface area (Å²) in [5, 5.41) is 5.68. The number of carbonyl (C=O) groups excluding carboxylic acids is 1. The molecule has 0 aliphatic rings. The van der Waals surface area contributed by atoms with Crippen molar-refractivity contribution in [2.45, 2.75) is 0 Å². The molecule has 1 aromatic carbocycles. The minimum Gasteiger partial charge on any atom is -0.491 e. The molecule has 2 aromatic rings. The lowest BCUT2D eigenvalue weighted by Gasteiger charge is -2.09. The second-order valence-corrected chi connectivity index (χ2v) is 5.07. The number of benzene rings is 1. The molecule has 0 atom stereocenters. The highest BCUT2D eigenvalue weighted by Gasteiger charge is 2.02. The van der Waals surface area contributed by atoms with Crippen molar-refractivity contribution in [3.8, 4) is 5.75 Å². The van der Waals surface area contributed by atoms with Crippen molar-refractivity contribution in [2.24, 2.45) is 0 Å². The molecule has 0 saturated carbocycles. The number of nitrogens with one attached hydrogen (secondary N) is 2. The average Bonchev–Trinajstić information content (AvgIpc) is 3.08. The molecule has 7 heteroatoms. The number of furan rings is 1. The molecule has 126 valence electrons. The summed E-state index contributed by atoms with van der Waals surface area (Å²) in [6, 6.07) is 10.7. The minimum absolute atomic E-state index is 0.206. The molecule has 0 aliphatic heterocycles. The Morgan fingerprint density at radius 2 is 2.04 bits per heavy atom. The van der Waals surface area contributed by atoms with Crippen molar-refractivity contribution in [3.63, 3.8) is 0 Å². The van der Waals surface area contributed by atoms with E-state index in [0.29, 0.717) is 19.0 Å². The third-order valence-corrected chi connectivity index (χ3v) is 3.05. The number of hydrogen-bond donors (Lipinski definition) is 2. The van der Waals surface area contributed by atoms with E-state index >= 15 is 0 Å². The summed E-state index contributed by atoms with van der Waals surface area (Å²) in [7, 11) is 1.62. The molecular formula is C17H18N2O4S. The van der Waals surface area contributed by atoms with E-state index in [1.807, 2.05) is 0 Å². The van der Waals surface area contributed by atoms with E-state index in [-0.39, 0.29) is 11.0 Å². The predicted molar refractivity (Wildman–Crippen MR) is 95.9 cm³/mol. The summed E-state index contributed by atoms with van der Waals surface area (Å²) in [6.45, 7) is 1.02. The average molecular weight is 346 g/mol. The van der Waals surface area contributed by atoms with Gasteiger partial charge in [0.2, 0.25) is 5.91 Å². The zero-order chi connectivity index (χ0) is 17.2. The van der Waals surface area contributed by atoms with Crippen LogP contribution in [0.1, 0.15) is 5.76 Å². The van der Waals surface area contributed by atoms with E-state index < -0.39 is 0 Å². The molecule has 0 spiro atoms. The number of thiocarbonyl (C=S) groups is 1. The van der Waals surface area contributed by atoms with Crippen molar-refractivity contribution >= 4 is 35.0 Å². The first-order valence-electron chi connectivity index (χ1n) is 7.23. The van der Waals surface area contributed by atoms with Crippen molar-refractivity contribution in [1.82, 2.24) is 5.32 Å². The maximum absolute atomic E-state index is 11.7. The fourth-order valence-corrected chi connectivity index (χ4v) is 1.96. The molecule has 24 heavy (non-hydrogen) atoms. The van der Waals surface area contributed by atoms with Gasteiger partial charge in [0.15, 0.2) is 5.11 Å². The lowest BCUT2D eigenvalue weighted by molar-refractivity contribution is -0.115. The van der Waals surface area contributed by atoms with E-state index in [4.69, 9.17) is 26.1 Å². The highest BCUT2D eigenvalue weighted by Crippen LogP contribution is 2.15. The first-order chi connectivity index (χ1) is 11.7. The molecule has 0 aliphatic carbocycles. The molecule has 0 bridgehead atoms. The normalized spacial score (nSPS) is 10.5. The van der Waals surface area contributed by atoms with Gasteiger partial charge in [-0.1, -0.05) is 0 Å². The van der Waals surface area contributed by atoms with Gasteiger partial charge in [-0.25, -0.2) is 0 Å². The Hall–Kier alpha value is -2.64. The summed E-state index contributed by atoms with van der Waals surface area (Å²) >= 11 is 5.10. The Bertz CT molecular complexity index is 681. The van der Waals surface area contributed by atoms with Gasteiger partial charge in [0.1, 0.15) is 18.1 Å². The SMILES string of the molecule is COCCOc1ccc(NC(=S)NC(=O)/C=C/c2ccco2)cc1. The number of methoxy groups -OCH3 is 1. The van der Waals surface area contributed by atoms with Crippen LogP contribution in [0.2, 0.25) is 0 Å². The summed E-state index contributed by atoms with van der Waals surface area (Å²) in [4.78, 5) is 11.7. The van der Waals surface area contributed by atoms with Crippen molar-refractivity contribution in [3.05, 3.63) is 54.5 Å². The van der Waals surface area contributed by atoms with Crippen LogP contribution in [0.15, 0.2) is 53.2 Å². The van der Waals surface area contributed by atoms with Gasteiger partial charge < -0.3 is 19.2 Å². The zero-order valence-corrected chi connectivity index (χ0v) is 14.0. The monoisotopic (exact) mass is 346 g/mol. The lowest BCUT2D eigenvalue weighted by atomic mass is 10.3. The predicted octanol–water partition coefficient (Wildman–Crippen LogP) is 2.83. The molecule has 0 unspecified atom stereocenters. The molecule has 1 aromatic heterocycles. The van der Waals surface area contributed by atoms with Crippen LogP contribution in [0.4, 0.5) is 5.69 Å². The summed E-state index contributed by atoms with van der Waals surface area (Å²) in [5.74, 6) is 0.977. The van der Waals surface area contributed by atoms with Gasteiger partial charge in [-0.15, -0.1) is 0 Å². The Balaban J connectivity index is 1.78. The van der Waals surface area contributed by atoms with Gasteiger partial charge >= 0.3 is 0 Å². The van der Waals surface area contributed by atoms with Crippen LogP contribution in [0, 0.1) is 0 Å². The standard InChI is InChI=1S/C17H18N2O4S/c1-21-11-12-23-15-6-4-13(5-7-15)18-17(24)19-16(20)9-8-14-3-2-10-22-14/h2-10H,11-12H2,1H3,(H2,18,19,20,24)/b9-8+. The van der Waals surface area contributed by atoms with Gasteiger partial charge in [-0.3, -0.25) is 10.1 Å². The number of ether oxygens (including phenoxy) is 2. The van der Waals surface area contributed by atoms with Crippen LogP contribution in [0.3, 0.4) is 0 Å². The number of amides is 1. The van der Waals surface area contributed by atoms with Crippen LogP contribution in [-0.2, 0) is 9.53 Å². The zero-order valence-electron chi connectivity index (χ0n) is 13.2. The molecule has 1 amide bonds. The summed E-state index contributed by atoms with van der Waals surface area (Å²) in [5.41, 5.74) is 0.745. The van der Waals surface area contributed by atoms with Crippen LogP contribution in [0.5, 0.6) is 5.75 Å². The molecule has 2 N–H and O–H groups in total. The Labute approximate surface area is 145 Å². The Morgan fingerprint density at radius 3 is 2.71 bits per heavy atom. The number of hydrogen-bond acceptors (Lipinski definition) is 5. The number of anilines is 1. The van der Waals surface area contributed by atoms with Gasteiger partial charge in [0.25, 0.3) is 0 Å². The van der Waals surface area contributed by atoms with Crippen LogP contribution < -0.4 is 15.4 Å². The summed E-state index contributed by atoms with van der Waals surface area (Å²) < 4.78 is 15.5. The first kappa shape index (κ1) is 17.7. The molecule has 2 rings (SSSR count). The fourth-order valence-electron chi connectivity index (χ4n) is 1.74. The maximum atomic E-state index is 11.7. The highest BCUT2D eigenvalue weighted by atomic mass is 32.1. The van der Waals surface area contributed by atoms with Gasteiger partial charge in [-0.05, 0) is 54.7 Å². The van der Waals surface area contributed by atoms with Crippen LogP contribution in [0.25, 0.3) is 6.08 Å². The third kappa shape index (κ3) is 6.23. The van der Waals surface area contributed by atoms with E-state index in [1.165, 1.54) is 12.3 Å². The second-order valence-electron chi connectivity index (χ2n) is 4.66. The molecule has 6 nitrogen and oxygen atoms in total. The smallest absolute Gasteiger partial charge is 0.250 e. The number of rotatable bonds is 7. The molecule has 1 heterocycles. The van der Waals surface area contributed by atoms with Crippen molar-refractivity contribution in [1.29, 1.82) is 0 Å².